The summed E-state index contributed by atoms with van der Waals surface area (Å²) in [6.07, 6.45) is -3.75. The molecule has 8 heteroatoms. The molecule has 1 amide bonds. The van der Waals surface area contributed by atoms with Gasteiger partial charge < -0.3 is 19.5 Å². The molecule has 2 rings (SSSR count). The Labute approximate surface area is 119 Å². The van der Waals surface area contributed by atoms with E-state index < -0.39 is 23.7 Å². The van der Waals surface area contributed by atoms with Gasteiger partial charge in [-0.3, -0.25) is 4.79 Å². The number of fused-ring (bicyclic) bond motifs is 1. The molecule has 0 spiro atoms. The second-order valence-electron chi connectivity index (χ2n) is 4.90. The fraction of sp³-hybridized carbons (Fsp3) is 0.385. The minimum atomic E-state index is -3.75. The molecule has 0 unspecified atom stereocenters. The number of alkyl halides is 2. The Kier molecular flexibility index (Phi) is 3.48. The summed E-state index contributed by atoms with van der Waals surface area (Å²) in [7, 11) is 1.19. The van der Waals surface area contributed by atoms with Gasteiger partial charge in [-0.25, -0.2) is 4.79 Å². The molecule has 1 aliphatic rings. The molecule has 1 aromatic rings. The number of benzene rings is 1. The number of hydrogen-bond donors (Lipinski definition) is 1. The number of methoxy groups -OCH3 is 1. The van der Waals surface area contributed by atoms with E-state index in [2.05, 4.69) is 19.5 Å². The molecular weight excluding hydrogens is 288 g/mol. The molecule has 21 heavy (non-hydrogen) atoms. The van der Waals surface area contributed by atoms with Crippen LogP contribution in [-0.2, 0) is 9.53 Å². The highest BCUT2D eigenvalue weighted by Crippen LogP contribution is 2.41. The molecule has 6 nitrogen and oxygen atoms in total. The van der Waals surface area contributed by atoms with Crippen LogP contribution in [0.3, 0.4) is 0 Å². The first-order valence-corrected chi connectivity index (χ1v) is 5.95. The number of halogens is 2. The number of esters is 1. The van der Waals surface area contributed by atoms with Crippen molar-refractivity contribution in [3.63, 3.8) is 0 Å². The van der Waals surface area contributed by atoms with Crippen LogP contribution in [0.2, 0.25) is 0 Å². The van der Waals surface area contributed by atoms with Crippen molar-refractivity contribution < 1.29 is 32.6 Å². The Morgan fingerprint density at radius 1 is 1.24 bits per heavy atom. The SMILES string of the molecule is COC(=O)C(C)(C)NC(=O)c1ccc2c(c1)OC(F)(F)O2. The van der Waals surface area contributed by atoms with Crippen LogP contribution in [0.25, 0.3) is 0 Å². The van der Waals surface area contributed by atoms with Gasteiger partial charge in [-0.05, 0) is 32.0 Å². The van der Waals surface area contributed by atoms with E-state index in [9.17, 15) is 18.4 Å². The lowest BCUT2D eigenvalue weighted by Gasteiger charge is -2.23. The number of amides is 1. The van der Waals surface area contributed by atoms with E-state index in [1.54, 1.807) is 0 Å². The van der Waals surface area contributed by atoms with Crippen molar-refractivity contribution in [2.24, 2.45) is 0 Å². The Bertz CT molecular complexity index is 600. The summed E-state index contributed by atoms with van der Waals surface area (Å²) in [6.45, 7) is 2.91. The highest BCUT2D eigenvalue weighted by atomic mass is 19.3. The average molecular weight is 301 g/mol. The van der Waals surface area contributed by atoms with Gasteiger partial charge in [-0.15, -0.1) is 8.78 Å². The fourth-order valence-corrected chi connectivity index (χ4v) is 1.75. The lowest BCUT2D eigenvalue weighted by molar-refractivity contribution is -0.286. The monoisotopic (exact) mass is 301 g/mol. The molecule has 0 aliphatic carbocycles. The highest BCUT2D eigenvalue weighted by Gasteiger charge is 2.43. The van der Waals surface area contributed by atoms with Gasteiger partial charge in [0.25, 0.3) is 5.91 Å². The molecule has 0 fully saturated rings. The van der Waals surface area contributed by atoms with Crippen molar-refractivity contribution in [1.29, 1.82) is 0 Å². The van der Waals surface area contributed by atoms with Crippen molar-refractivity contribution in [3.8, 4) is 11.5 Å². The van der Waals surface area contributed by atoms with E-state index in [1.165, 1.54) is 33.1 Å². The van der Waals surface area contributed by atoms with Gasteiger partial charge in [-0.1, -0.05) is 0 Å². The molecule has 1 heterocycles. The van der Waals surface area contributed by atoms with Crippen LogP contribution in [-0.4, -0.2) is 30.8 Å². The van der Waals surface area contributed by atoms with E-state index >= 15 is 0 Å². The zero-order valence-electron chi connectivity index (χ0n) is 11.5. The van der Waals surface area contributed by atoms with Gasteiger partial charge in [0.05, 0.1) is 7.11 Å². The predicted molar refractivity (Wildman–Crippen MR) is 66.2 cm³/mol. The van der Waals surface area contributed by atoms with E-state index in [0.29, 0.717) is 0 Å². The van der Waals surface area contributed by atoms with E-state index in [4.69, 9.17) is 0 Å². The minimum Gasteiger partial charge on any atom is -0.467 e. The number of nitrogens with one attached hydrogen (secondary N) is 1. The Morgan fingerprint density at radius 2 is 1.86 bits per heavy atom. The summed E-state index contributed by atoms with van der Waals surface area (Å²) in [5.74, 6) is -1.68. The maximum Gasteiger partial charge on any atom is 0.586 e. The zero-order chi connectivity index (χ0) is 15.8. The Hall–Kier alpha value is -2.38. The molecule has 114 valence electrons. The van der Waals surface area contributed by atoms with Crippen molar-refractivity contribution >= 4 is 11.9 Å². The van der Waals surface area contributed by atoms with Gasteiger partial charge in [0.2, 0.25) is 0 Å². The normalized spacial score (nSPS) is 15.5. The van der Waals surface area contributed by atoms with Crippen LogP contribution in [0, 0.1) is 0 Å². The van der Waals surface area contributed by atoms with Crippen molar-refractivity contribution in [2.45, 2.75) is 25.7 Å². The third-order valence-corrected chi connectivity index (χ3v) is 2.79. The standard InChI is InChI=1S/C13H13F2NO5/c1-12(2,11(18)19-3)16-10(17)7-4-5-8-9(6-7)21-13(14,15)20-8/h4-6H,1-3H3,(H,16,17). The van der Waals surface area contributed by atoms with Crippen molar-refractivity contribution in [2.75, 3.05) is 7.11 Å². The summed E-state index contributed by atoms with van der Waals surface area (Å²) in [5, 5.41) is 2.44. The van der Waals surface area contributed by atoms with E-state index in [-0.39, 0.29) is 17.1 Å². The van der Waals surface area contributed by atoms with Gasteiger partial charge in [0, 0.05) is 5.56 Å². The van der Waals surface area contributed by atoms with Gasteiger partial charge in [0.1, 0.15) is 5.54 Å². The largest absolute Gasteiger partial charge is 0.586 e. The van der Waals surface area contributed by atoms with Gasteiger partial charge >= 0.3 is 12.3 Å². The summed E-state index contributed by atoms with van der Waals surface area (Å²) >= 11 is 0. The van der Waals surface area contributed by atoms with Crippen molar-refractivity contribution in [1.82, 2.24) is 5.32 Å². The summed E-state index contributed by atoms with van der Waals surface area (Å²) in [5.41, 5.74) is -1.21. The first kappa shape index (κ1) is 15.0. The fourth-order valence-electron chi connectivity index (χ4n) is 1.75. The molecular formula is C13H13F2NO5. The number of hydrogen-bond acceptors (Lipinski definition) is 5. The number of carbonyl (C=O) groups excluding carboxylic acids is 2. The molecule has 1 N–H and O–H groups in total. The molecule has 0 bridgehead atoms. The van der Waals surface area contributed by atoms with Gasteiger partial charge in [-0.2, -0.15) is 0 Å². The average Bonchev–Trinajstić information content (AvgIpc) is 2.69. The number of rotatable bonds is 3. The lowest BCUT2D eigenvalue weighted by Crippen LogP contribution is -2.50. The highest BCUT2D eigenvalue weighted by molar-refractivity contribution is 5.98. The maximum atomic E-state index is 12.9. The molecule has 0 saturated carbocycles. The van der Waals surface area contributed by atoms with Crippen LogP contribution >= 0.6 is 0 Å². The smallest absolute Gasteiger partial charge is 0.467 e. The topological polar surface area (TPSA) is 73.9 Å². The van der Waals surface area contributed by atoms with Crippen LogP contribution in [0.15, 0.2) is 18.2 Å². The Morgan fingerprint density at radius 3 is 2.48 bits per heavy atom. The first-order valence-electron chi connectivity index (χ1n) is 5.95. The van der Waals surface area contributed by atoms with E-state index in [1.807, 2.05) is 0 Å². The van der Waals surface area contributed by atoms with E-state index in [0.717, 1.165) is 6.07 Å². The minimum absolute atomic E-state index is 0.0482. The molecule has 0 atom stereocenters. The van der Waals surface area contributed by atoms with Crippen LogP contribution in [0.4, 0.5) is 8.78 Å². The molecule has 0 radical (unpaired) electrons. The molecule has 1 aliphatic heterocycles. The number of ether oxygens (including phenoxy) is 3. The Balaban J connectivity index is 2.17. The zero-order valence-corrected chi connectivity index (χ0v) is 11.5. The predicted octanol–water partition coefficient (Wildman–Crippen LogP) is 1.69. The first-order chi connectivity index (χ1) is 9.64. The van der Waals surface area contributed by atoms with Crippen LogP contribution in [0.1, 0.15) is 24.2 Å². The second-order valence-corrected chi connectivity index (χ2v) is 4.90. The van der Waals surface area contributed by atoms with Gasteiger partial charge in [0.15, 0.2) is 11.5 Å². The lowest BCUT2D eigenvalue weighted by atomic mass is 10.0. The quantitative estimate of drug-likeness (QED) is 0.860. The summed E-state index contributed by atoms with van der Waals surface area (Å²) in [6, 6.07) is 3.58. The molecule has 1 aromatic carbocycles. The summed E-state index contributed by atoms with van der Waals surface area (Å²) < 4.78 is 38.8. The summed E-state index contributed by atoms with van der Waals surface area (Å²) in [4.78, 5) is 23.5. The maximum absolute atomic E-state index is 12.9. The van der Waals surface area contributed by atoms with Crippen LogP contribution in [0.5, 0.6) is 11.5 Å². The van der Waals surface area contributed by atoms with Crippen molar-refractivity contribution in [3.05, 3.63) is 23.8 Å². The van der Waals surface area contributed by atoms with Crippen LogP contribution < -0.4 is 14.8 Å². The third kappa shape index (κ3) is 3.04. The third-order valence-electron chi connectivity index (χ3n) is 2.79. The molecule has 0 aromatic heterocycles. The molecule has 0 saturated heterocycles. The second kappa shape index (κ2) is 4.87. The number of carbonyl (C=O) groups is 2.